The van der Waals surface area contributed by atoms with E-state index < -0.39 is 0 Å². The first-order valence-corrected chi connectivity index (χ1v) is 8.71. The van der Waals surface area contributed by atoms with Gasteiger partial charge in [-0.25, -0.2) is 4.98 Å². The Labute approximate surface area is 145 Å². The molecule has 4 rings (SSSR count). The van der Waals surface area contributed by atoms with Crippen LogP contribution in [0.4, 0.5) is 0 Å². The second-order valence-corrected chi connectivity index (χ2v) is 7.01. The Morgan fingerprint density at radius 3 is 2.38 bits per heavy atom. The van der Waals surface area contributed by atoms with E-state index in [9.17, 15) is 0 Å². The molecule has 0 saturated carbocycles. The van der Waals surface area contributed by atoms with Gasteiger partial charge in [-0.3, -0.25) is 0 Å². The van der Waals surface area contributed by atoms with Crippen molar-refractivity contribution in [1.29, 1.82) is 0 Å². The Morgan fingerprint density at radius 1 is 0.875 bits per heavy atom. The minimum absolute atomic E-state index is 0.663. The third-order valence-corrected chi connectivity index (χ3v) is 5.03. The average molecular weight is 331 g/mol. The molecule has 4 aromatic rings. The number of pyridine rings is 1. The highest BCUT2D eigenvalue weighted by molar-refractivity contribution is 7.22. The van der Waals surface area contributed by atoms with Gasteiger partial charge in [0, 0.05) is 15.8 Å². The fourth-order valence-electron chi connectivity index (χ4n) is 2.87. The molecule has 24 heavy (non-hydrogen) atoms. The van der Waals surface area contributed by atoms with E-state index in [-0.39, 0.29) is 0 Å². The van der Waals surface area contributed by atoms with Crippen LogP contribution in [-0.4, -0.2) is 4.98 Å². The van der Waals surface area contributed by atoms with E-state index in [0.717, 1.165) is 11.1 Å². The van der Waals surface area contributed by atoms with Gasteiger partial charge < -0.3 is 4.74 Å². The van der Waals surface area contributed by atoms with E-state index >= 15 is 0 Å². The predicted octanol–water partition coefficient (Wildman–Crippen LogP) is 6.37. The second kappa shape index (κ2) is 6.10. The zero-order valence-corrected chi connectivity index (χ0v) is 14.4. The molecule has 0 saturated heterocycles. The molecule has 0 aliphatic heterocycles. The summed E-state index contributed by atoms with van der Waals surface area (Å²) in [5.41, 5.74) is 3.59. The molecule has 0 spiro atoms. The van der Waals surface area contributed by atoms with E-state index in [1.54, 1.807) is 11.3 Å². The van der Waals surface area contributed by atoms with Crippen molar-refractivity contribution >= 4 is 21.4 Å². The van der Waals surface area contributed by atoms with Gasteiger partial charge in [0.05, 0.1) is 5.39 Å². The van der Waals surface area contributed by atoms with Crippen molar-refractivity contribution in [3.63, 3.8) is 0 Å². The number of aryl methyl sites for hydroxylation is 2. The standard InChI is InChI=1S/C21H17NOS/c1-14-10-15(2)12-17(11-14)23-21-18-13-20(16-6-4-3-5-7-16)24-19(18)8-9-22-21/h3-13H,1-2H3. The molecule has 3 heteroatoms. The Hall–Kier alpha value is -2.65. The zero-order chi connectivity index (χ0) is 16.5. The Morgan fingerprint density at radius 2 is 1.62 bits per heavy atom. The highest BCUT2D eigenvalue weighted by Gasteiger charge is 2.11. The molecule has 0 amide bonds. The van der Waals surface area contributed by atoms with Crippen molar-refractivity contribution in [1.82, 2.24) is 4.98 Å². The van der Waals surface area contributed by atoms with Crippen LogP contribution in [0.25, 0.3) is 20.5 Å². The van der Waals surface area contributed by atoms with Gasteiger partial charge >= 0.3 is 0 Å². The quantitative estimate of drug-likeness (QED) is 0.435. The van der Waals surface area contributed by atoms with Crippen molar-refractivity contribution in [2.45, 2.75) is 13.8 Å². The Balaban J connectivity index is 1.77. The summed E-state index contributed by atoms with van der Waals surface area (Å²) in [5.74, 6) is 1.50. The van der Waals surface area contributed by atoms with Crippen LogP contribution in [0.1, 0.15) is 11.1 Å². The first-order chi connectivity index (χ1) is 11.7. The maximum atomic E-state index is 6.10. The summed E-state index contributed by atoms with van der Waals surface area (Å²) >= 11 is 1.76. The monoisotopic (exact) mass is 331 g/mol. The van der Waals surface area contributed by atoms with Crippen LogP contribution in [0.15, 0.2) is 66.9 Å². The van der Waals surface area contributed by atoms with E-state index in [2.05, 4.69) is 55.2 Å². The number of hydrogen-bond acceptors (Lipinski definition) is 3. The number of rotatable bonds is 3. The Kier molecular flexibility index (Phi) is 3.79. The lowest BCUT2D eigenvalue weighted by molar-refractivity contribution is 0.468. The van der Waals surface area contributed by atoms with Gasteiger partial charge in [0.15, 0.2) is 0 Å². The minimum Gasteiger partial charge on any atom is -0.438 e. The molecule has 0 aliphatic rings. The number of benzene rings is 2. The van der Waals surface area contributed by atoms with Gasteiger partial charge in [-0.1, -0.05) is 36.4 Å². The van der Waals surface area contributed by atoms with Crippen molar-refractivity contribution in [2.75, 3.05) is 0 Å². The first kappa shape index (κ1) is 14.9. The highest BCUT2D eigenvalue weighted by Crippen LogP contribution is 2.38. The van der Waals surface area contributed by atoms with Gasteiger partial charge in [0.25, 0.3) is 0 Å². The molecule has 0 atom stereocenters. The largest absolute Gasteiger partial charge is 0.438 e. The van der Waals surface area contributed by atoms with Crippen molar-refractivity contribution in [3.05, 3.63) is 78.0 Å². The SMILES string of the molecule is Cc1cc(C)cc(Oc2nccc3sc(-c4ccccc4)cc23)c1. The van der Waals surface area contributed by atoms with Crippen LogP contribution in [-0.2, 0) is 0 Å². The number of fused-ring (bicyclic) bond motifs is 1. The van der Waals surface area contributed by atoms with Crippen LogP contribution in [0.2, 0.25) is 0 Å². The van der Waals surface area contributed by atoms with Gasteiger partial charge in [-0.15, -0.1) is 11.3 Å². The average Bonchev–Trinajstić information content (AvgIpc) is 3.00. The number of ether oxygens (including phenoxy) is 1. The molecule has 0 unspecified atom stereocenters. The normalized spacial score (nSPS) is 10.9. The van der Waals surface area contributed by atoms with Gasteiger partial charge in [0.1, 0.15) is 5.75 Å². The van der Waals surface area contributed by atoms with E-state index in [1.807, 2.05) is 30.5 Å². The molecule has 0 bridgehead atoms. The zero-order valence-electron chi connectivity index (χ0n) is 13.6. The van der Waals surface area contributed by atoms with Gasteiger partial charge in [-0.05, 0) is 54.8 Å². The lowest BCUT2D eigenvalue weighted by Gasteiger charge is -2.07. The fourth-order valence-corrected chi connectivity index (χ4v) is 3.92. The van der Waals surface area contributed by atoms with Crippen LogP contribution in [0.5, 0.6) is 11.6 Å². The molecule has 0 radical (unpaired) electrons. The molecule has 2 nitrogen and oxygen atoms in total. The van der Waals surface area contributed by atoms with Crippen LogP contribution in [0, 0.1) is 13.8 Å². The molecule has 0 N–H and O–H groups in total. The molecular weight excluding hydrogens is 314 g/mol. The summed E-state index contributed by atoms with van der Waals surface area (Å²) < 4.78 is 7.28. The first-order valence-electron chi connectivity index (χ1n) is 7.89. The summed E-state index contributed by atoms with van der Waals surface area (Å²) in [6.07, 6.45) is 1.81. The van der Waals surface area contributed by atoms with E-state index in [4.69, 9.17) is 4.74 Å². The summed E-state index contributed by atoms with van der Waals surface area (Å²) in [7, 11) is 0. The van der Waals surface area contributed by atoms with Crippen molar-refractivity contribution in [3.8, 4) is 22.1 Å². The molecule has 2 aromatic heterocycles. The third kappa shape index (κ3) is 2.91. The van der Waals surface area contributed by atoms with Gasteiger partial charge in [-0.2, -0.15) is 0 Å². The minimum atomic E-state index is 0.663. The summed E-state index contributed by atoms with van der Waals surface area (Å²) in [6.45, 7) is 4.15. The number of aromatic nitrogens is 1. The number of hydrogen-bond donors (Lipinski definition) is 0. The Bertz CT molecular complexity index is 985. The molecule has 0 fully saturated rings. The molecule has 2 aromatic carbocycles. The third-order valence-electron chi connectivity index (χ3n) is 3.88. The van der Waals surface area contributed by atoms with E-state index in [1.165, 1.54) is 26.3 Å². The van der Waals surface area contributed by atoms with Crippen molar-refractivity contribution in [2.24, 2.45) is 0 Å². The lowest BCUT2D eigenvalue weighted by Crippen LogP contribution is -1.89. The fraction of sp³-hybridized carbons (Fsp3) is 0.0952. The molecular formula is C21H17NOS. The van der Waals surface area contributed by atoms with Crippen molar-refractivity contribution < 1.29 is 4.74 Å². The number of thiophene rings is 1. The maximum absolute atomic E-state index is 6.10. The van der Waals surface area contributed by atoms with Crippen LogP contribution in [0.3, 0.4) is 0 Å². The summed E-state index contributed by atoms with van der Waals surface area (Å²) in [5, 5.41) is 1.06. The molecule has 118 valence electrons. The van der Waals surface area contributed by atoms with Gasteiger partial charge in [0.2, 0.25) is 5.88 Å². The second-order valence-electron chi connectivity index (χ2n) is 5.93. The maximum Gasteiger partial charge on any atom is 0.227 e. The molecule has 0 aliphatic carbocycles. The molecule has 2 heterocycles. The van der Waals surface area contributed by atoms with Crippen LogP contribution >= 0.6 is 11.3 Å². The predicted molar refractivity (Wildman–Crippen MR) is 101 cm³/mol. The van der Waals surface area contributed by atoms with Crippen LogP contribution < -0.4 is 4.74 Å². The summed E-state index contributed by atoms with van der Waals surface area (Å²) in [4.78, 5) is 5.68. The smallest absolute Gasteiger partial charge is 0.227 e. The summed E-state index contributed by atoms with van der Waals surface area (Å²) in [6, 6.07) is 20.8. The lowest BCUT2D eigenvalue weighted by atomic mass is 10.1. The highest BCUT2D eigenvalue weighted by atomic mass is 32.1. The topological polar surface area (TPSA) is 22.1 Å². The number of nitrogens with zero attached hydrogens (tertiary/aromatic N) is 1. The van der Waals surface area contributed by atoms with E-state index in [0.29, 0.717) is 5.88 Å².